The van der Waals surface area contributed by atoms with Crippen molar-refractivity contribution in [3.05, 3.63) is 29.8 Å². The first-order valence-electron chi connectivity index (χ1n) is 14.2. The van der Waals surface area contributed by atoms with E-state index in [9.17, 15) is 19.2 Å². The number of carbonyl (C=O) groups excluding carboxylic acids is 4. The lowest BCUT2D eigenvalue weighted by Crippen LogP contribution is -2.57. The van der Waals surface area contributed by atoms with E-state index in [1.54, 1.807) is 56.9 Å². The molecule has 1 aromatic carbocycles. The summed E-state index contributed by atoms with van der Waals surface area (Å²) in [4.78, 5) is 53.1. The maximum absolute atomic E-state index is 13.5. The van der Waals surface area contributed by atoms with Crippen molar-refractivity contribution >= 4 is 29.6 Å². The van der Waals surface area contributed by atoms with Crippen LogP contribution in [-0.4, -0.2) is 92.3 Å². The van der Waals surface area contributed by atoms with Gasteiger partial charge in [0.1, 0.15) is 6.10 Å². The molecule has 0 aromatic heterocycles. The van der Waals surface area contributed by atoms with E-state index in [-0.39, 0.29) is 25.7 Å². The van der Waals surface area contributed by atoms with Crippen LogP contribution in [0.5, 0.6) is 0 Å². The van der Waals surface area contributed by atoms with Gasteiger partial charge in [0, 0.05) is 32.1 Å². The van der Waals surface area contributed by atoms with Gasteiger partial charge in [-0.05, 0) is 51.8 Å². The Balaban J connectivity index is 1.66. The molecule has 234 valence electrons. The minimum Gasteiger partial charge on any atom is -0.463 e. The van der Waals surface area contributed by atoms with Crippen LogP contribution < -0.4 is 10.2 Å². The van der Waals surface area contributed by atoms with Crippen LogP contribution in [-0.2, 0) is 54.0 Å². The van der Waals surface area contributed by atoms with Crippen molar-refractivity contribution < 1.29 is 52.3 Å². The topological polar surface area (TPSA) is 148 Å². The molecule has 2 amide bonds. The Morgan fingerprint density at radius 3 is 2.33 bits per heavy atom. The molecule has 13 nitrogen and oxygen atoms in total. The van der Waals surface area contributed by atoms with E-state index in [2.05, 4.69) is 11.2 Å². The molecule has 0 aliphatic carbocycles. The van der Waals surface area contributed by atoms with E-state index in [1.165, 1.54) is 6.92 Å². The fourth-order valence-corrected chi connectivity index (χ4v) is 5.36. The maximum atomic E-state index is 13.5. The number of anilines is 1. The third kappa shape index (κ3) is 6.47. The number of rotatable bonds is 11. The zero-order chi connectivity index (χ0) is 31.4. The summed E-state index contributed by atoms with van der Waals surface area (Å²) >= 11 is 0. The minimum atomic E-state index is -2.28. The van der Waals surface area contributed by atoms with Gasteiger partial charge in [-0.25, -0.2) is 14.4 Å². The molecule has 1 N–H and O–H groups in total. The number of hydrogen-bond acceptors (Lipinski definition) is 11. The fraction of sp³-hybridized carbons (Fsp3) is 0.600. The average Bonchev–Trinajstić information content (AvgIpc) is 3.41. The smallest absolute Gasteiger partial charge is 0.350 e. The summed E-state index contributed by atoms with van der Waals surface area (Å²) in [6, 6.07) is 6.57. The molecule has 3 fully saturated rings. The number of esters is 3. The molecule has 1 aromatic rings. The van der Waals surface area contributed by atoms with Crippen molar-refractivity contribution in [1.29, 1.82) is 0 Å². The molecule has 0 bridgehead atoms. The van der Waals surface area contributed by atoms with E-state index < -0.39 is 60.0 Å². The van der Waals surface area contributed by atoms with Gasteiger partial charge in [-0.2, -0.15) is 0 Å². The van der Waals surface area contributed by atoms with Crippen molar-refractivity contribution in [2.45, 2.75) is 82.9 Å². The highest BCUT2D eigenvalue weighted by atomic mass is 16.8. The lowest BCUT2D eigenvalue weighted by atomic mass is 9.91. The van der Waals surface area contributed by atoms with E-state index in [0.717, 1.165) is 6.42 Å². The van der Waals surface area contributed by atoms with Gasteiger partial charge in [0.25, 0.3) is 5.60 Å². The van der Waals surface area contributed by atoms with Crippen LogP contribution in [0.1, 0.15) is 46.6 Å². The summed E-state index contributed by atoms with van der Waals surface area (Å²) in [6.45, 7) is 8.25. The number of nitrogens with zero attached hydrogens (tertiary/aromatic N) is 1. The summed E-state index contributed by atoms with van der Waals surface area (Å²) in [7, 11) is 0. The normalized spacial score (nSPS) is 26.2. The molecule has 0 spiro atoms. The van der Waals surface area contributed by atoms with Gasteiger partial charge in [0.05, 0.1) is 19.8 Å². The standard InChI is InChI=1S/C30H38N2O11/c1-7-29(41-19(4)33)22(40-24-23(29)42-28(5,6)43-24)18-39-30(25(34)37-8-2,26(35)38-9-3)17-20-11-13-21(14-12-20)32-16-10-15-31-27(32)36/h1,11-14,22-24H,8-10,15-18H2,2-6H3,(H,31,36)/t22-,23+,24-,29-/m1/s1. The number of urea groups is 1. The van der Waals surface area contributed by atoms with E-state index in [4.69, 9.17) is 39.6 Å². The second-order valence-corrected chi connectivity index (χ2v) is 10.7. The first-order chi connectivity index (χ1) is 20.4. The quantitative estimate of drug-likeness (QED) is 0.171. The minimum absolute atomic E-state index is 0.0467. The van der Waals surface area contributed by atoms with Crippen molar-refractivity contribution in [1.82, 2.24) is 5.32 Å². The molecule has 4 rings (SSSR count). The van der Waals surface area contributed by atoms with Crippen LogP contribution in [0.3, 0.4) is 0 Å². The molecule has 4 atom stereocenters. The van der Waals surface area contributed by atoms with Crippen LogP contribution >= 0.6 is 0 Å². The molecule has 13 heteroatoms. The highest BCUT2D eigenvalue weighted by molar-refractivity contribution is 6.04. The number of fused-ring (bicyclic) bond motifs is 1. The summed E-state index contributed by atoms with van der Waals surface area (Å²) in [5.74, 6) is -1.28. The third-order valence-electron chi connectivity index (χ3n) is 7.27. The van der Waals surface area contributed by atoms with Crippen molar-refractivity contribution in [2.24, 2.45) is 0 Å². The third-order valence-corrected chi connectivity index (χ3v) is 7.27. The predicted octanol–water partition coefficient (Wildman–Crippen LogP) is 1.84. The summed E-state index contributed by atoms with van der Waals surface area (Å²) in [5.41, 5.74) is -2.91. The van der Waals surface area contributed by atoms with Crippen molar-refractivity contribution in [3.8, 4) is 12.3 Å². The molecule has 3 saturated heterocycles. The van der Waals surface area contributed by atoms with E-state index >= 15 is 0 Å². The highest BCUT2D eigenvalue weighted by Gasteiger charge is 2.66. The Labute approximate surface area is 250 Å². The number of amides is 2. The molecule has 0 saturated carbocycles. The molecule has 0 unspecified atom stereocenters. The SMILES string of the molecule is C#C[C@@]1(OC(C)=O)[C@@H](COC(Cc2ccc(N3CCCNC3=O)cc2)(C(=O)OCC)C(=O)OCC)O[C@@H]2OC(C)(C)O[C@@H]21. The average molecular weight is 603 g/mol. The largest absolute Gasteiger partial charge is 0.463 e. The Morgan fingerprint density at radius 1 is 1.12 bits per heavy atom. The Kier molecular flexibility index (Phi) is 9.66. The molecule has 0 radical (unpaired) electrons. The number of terminal acetylenes is 1. The van der Waals surface area contributed by atoms with Crippen LogP contribution in [0.4, 0.5) is 10.5 Å². The predicted molar refractivity (Wildman–Crippen MR) is 149 cm³/mol. The molecule has 3 aliphatic heterocycles. The zero-order valence-corrected chi connectivity index (χ0v) is 25.0. The summed E-state index contributed by atoms with van der Waals surface area (Å²) in [5, 5.41) is 2.80. The second kappa shape index (κ2) is 12.9. The maximum Gasteiger partial charge on any atom is 0.350 e. The van der Waals surface area contributed by atoms with Gasteiger partial charge in [-0.15, -0.1) is 6.42 Å². The van der Waals surface area contributed by atoms with Crippen LogP contribution in [0.2, 0.25) is 0 Å². The fourth-order valence-electron chi connectivity index (χ4n) is 5.36. The first kappa shape index (κ1) is 32.2. The second-order valence-electron chi connectivity index (χ2n) is 10.7. The van der Waals surface area contributed by atoms with Crippen LogP contribution in [0, 0.1) is 12.3 Å². The van der Waals surface area contributed by atoms with Crippen LogP contribution in [0.15, 0.2) is 24.3 Å². The van der Waals surface area contributed by atoms with Crippen molar-refractivity contribution in [2.75, 3.05) is 37.8 Å². The number of carbonyl (C=O) groups is 4. The van der Waals surface area contributed by atoms with Gasteiger partial charge in [0.2, 0.25) is 5.60 Å². The Morgan fingerprint density at radius 2 is 1.77 bits per heavy atom. The van der Waals surface area contributed by atoms with E-state index in [1.807, 2.05) is 0 Å². The monoisotopic (exact) mass is 602 g/mol. The molecular formula is C30H38N2O11. The number of nitrogens with one attached hydrogen (secondary N) is 1. The Hall–Kier alpha value is -3.70. The van der Waals surface area contributed by atoms with Crippen LogP contribution in [0.25, 0.3) is 0 Å². The summed E-state index contributed by atoms with van der Waals surface area (Å²) < 4.78 is 40.1. The van der Waals surface area contributed by atoms with Gasteiger partial charge in [-0.1, -0.05) is 18.1 Å². The van der Waals surface area contributed by atoms with Gasteiger partial charge in [0.15, 0.2) is 18.2 Å². The number of benzene rings is 1. The molecular weight excluding hydrogens is 564 g/mol. The van der Waals surface area contributed by atoms with Gasteiger partial charge >= 0.3 is 23.9 Å². The summed E-state index contributed by atoms with van der Waals surface area (Å²) in [6.07, 6.45) is 3.19. The van der Waals surface area contributed by atoms with Gasteiger partial charge < -0.3 is 38.5 Å². The highest BCUT2D eigenvalue weighted by Crippen LogP contribution is 2.45. The number of hydrogen-bond donors (Lipinski definition) is 1. The lowest BCUT2D eigenvalue weighted by molar-refractivity contribution is -0.239. The molecule has 43 heavy (non-hydrogen) atoms. The lowest BCUT2D eigenvalue weighted by Gasteiger charge is -2.35. The van der Waals surface area contributed by atoms with E-state index in [0.29, 0.717) is 24.3 Å². The first-order valence-corrected chi connectivity index (χ1v) is 14.2. The molecule has 3 aliphatic rings. The number of ether oxygens (including phenoxy) is 7. The van der Waals surface area contributed by atoms with Gasteiger partial charge in [-0.3, -0.25) is 9.69 Å². The van der Waals surface area contributed by atoms with Crippen molar-refractivity contribution in [3.63, 3.8) is 0 Å². The zero-order valence-electron chi connectivity index (χ0n) is 25.0. The Bertz CT molecular complexity index is 1240. The molecule has 3 heterocycles.